The van der Waals surface area contributed by atoms with Gasteiger partial charge in [-0.2, -0.15) is 0 Å². The Kier molecular flexibility index (Phi) is 5.58. The second kappa shape index (κ2) is 8.43. The summed E-state index contributed by atoms with van der Waals surface area (Å²) in [6.07, 6.45) is 0. The van der Waals surface area contributed by atoms with Gasteiger partial charge in [-0.05, 0) is 42.0 Å². The van der Waals surface area contributed by atoms with Crippen molar-refractivity contribution in [2.45, 2.75) is 6.54 Å². The van der Waals surface area contributed by atoms with Crippen LogP contribution in [-0.4, -0.2) is 22.1 Å². The highest BCUT2D eigenvalue weighted by Gasteiger charge is 2.08. The maximum absolute atomic E-state index is 12.1. The van der Waals surface area contributed by atoms with Crippen molar-refractivity contribution in [3.05, 3.63) is 78.0 Å². The Hall–Kier alpha value is -3.94. The lowest BCUT2D eigenvalue weighted by Gasteiger charge is -2.07. The molecule has 0 aliphatic heterocycles. The molecular weight excluding hydrogens is 344 g/mol. The van der Waals surface area contributed by atoms with Crippen LogP contribution in [0.15, 0.2) is 66.7 Å². The lowest BCUT2D eigenvalue weighted by atomic mass is 10.2. The average molecular weight is 362 g/mol. The van der Waals surface area contributed by atoms with Gasteiger partial charge in [0.05, 0.1) is 0 Å². The molecule has 0 aliphatic rings. The molecule has 0 unspecified atom stereocenters. The molecule has 3 aromatic rings. The van der Waals surface area contributed by atoms with Crippen LogP contribution in [0, 0.1) is 0 Å². The first-order chi connectivity index (χ1) is 13.1. The van der Waals surface area contributed by atoms with Crippen LogP contribution in [0.5, 0.6) is 0 Å². The van der Waals surface area contributed by atoms with Gasteiger partial charge in [0, 0.05) is 17.9 Å². The first kappa shape index (κ1) is 17.9. The Labute approximate surface area is 155 Å². The zero-order valence-electron chi connectivity index (χ0n) is 14.3. The molecule has 3 rings (SSSR count). The fourth-order valence-corrected chi connectivity index (χ4v) is 2.31. The first-order valence-electron chi connectivity index (χ1n) is 8.19. The second-order valence-corrected chi connectivity index (χ2v) is 5.66. The normalized spacial score (nSPS) is 10.1. The van der Waals surface area contributed by atoms with Gasteiger partial charge in [-0.1, -0.05) is 30.3 Å². The standard InChI is InChI=1S/C19H18N6O2/c20-19(27)23-15-8-6-13(7-9-15)12-21-17-11-10-16(24-25-17)18(26)22-14-4-2-1-3-5-14/h1-11H,12H2,(H,21,25)(H,22,26)(H3,20,23,27). The molecule has 0 saturated heterocycles. The van der Waals surface area contributed by atoms with Crippen LogP contribution in [0.2, 0.25) is 0 Å². The number of hydrogen-bond acceptors (Lipinski definition) is 5. The molecule has 136 valence electrons. The zero-order valence-corrected chi connectivity index (χ0v) is 14.3. The smallest absolute Gasteiger partial charge is 0.316 e. The van der Waals surface area contributed by atoms with Gasteiger partial charge in [0.2, 0.25) is 0 Å². The van der Waals surface area contributed by atoms with E-state index in [2.05, 4.69) is 26.1 Å². The van der Waals surface area contributed by atoms with E-state index in [0.717, 1.165) is 5.56 Å². The van der Waals surface area contributed by atoms with Crippen LogP contribution >= 0.6 is 0 Å². The van der Waals surface area contributed by atoms with Crippen molar-refractivity contribution in [3.63, 3.8) is 0 Å². The third-order valence-electron chi connectivity index (χ3n) is 3.62. The number of carbonyl (C=O) groups excluding carboxylic acids is 2. The van der Waals surface area contributed by atoms with Gasteiger partial charge in [-0.3, -0.25) is 4.79 Å². The molecule has 1 heterocycles. The summed E-state index contributed by atoms with van der Waals surface area (Å²) in [6.45, 7) is 0.515. The highest BCUT2D eigenvalue weighted by Crippen LogP contribution is 2.12. The number of benzene rings is 2. The number of carbonyl (C=O) groups is 2. The first-order valence-corrected chi connectivity index (χ1v) is 8.19. The SMILES string of the molecule is NC(=O)Nc1ccc(CNc2ccc(C(=O)Nc3ccccc3)nn2)cc1. The van der Waals surface area contributed by atoms with Crippen molar-refractivity contribution in [2.75, 3.05) is 16.0 Å². The van der Waals surface area contributed by atoms with Crippen LogP contribution in [0.25, 0.3) is 0 Å². The number of hydrogen-bond donors (Lipinski definition) is 4. The molecule has 0 spiro atoms. The maximum Gasteiger partial charge on any atom is 0.316 e. The predicted molar refractivity (Wildman–Crippen MR) is 103 cm³/mol. The number of anilines is 3. The van der Waals surface area contributed by atoms with Crippen molar-refractivity contribution in [3.8, 4) is 0 Å². The number of para-hydroxylation sites is 1. The molecule has 2 aromatic carbocycles. The Morgan fingerprint density at radius 1 is 0.815 bits per heavy atom. The van der Waals surface area contributed by atoms with Crippen LogP contribution in [-0.2, 0) is 6.54 Å². The summed E-state index contributed by atoms with van der Waals surface area (Å²) in [4.78, 5) is 22.9. The van der Waals surface area contributed by atoms with E-state index in [1.807, 2.05) is 30.3 Å². The summed E-state index contributed by atoms with van der Waals surface area (Å²) in [5.41, 5.74) is 7.60. The number of nitrogens with one attached hydrogen (secondary N) is 3. The number of rotatable bonds is 6. The molecule has 5 N–H and O–H groups in total. The number of aromatic nitrogens is 2. The molecule has 1 aromatic heterocycles. The number of primary amides is 1. The Bertz CT molecular complexity index is 911. The van der Waals surface area contributed by atoms with E-state index in [1.54, 1.807) is 36.4 Å². The summed E-state index contributed by atoms with van der Waals surface area (Å²) in [5.74, 6) is 0.225. The minimum Gasteiger partial charge on any atom is -0.365 e. The molecule has 8 heteroatoms. The molecule has 8 nitrogen and oxygen atoms in total. The fraction of sp³-hybridized carbons (Fsp3) is 0.0526. The largest absolute Gasteiger partial charge is 0.365 e. The van der Waals surface area contributed by atoms with E-state index in [4.69, 9.17) is 5.73 Å². The van der Waals surface area contributed by atoms with Gasteiger partial charge in [-0.15, -0.1) is 10.2 Å². The second-order valence-electron chi connectivity index (χ2n) is 5.66. The third kappa shape index (κ3) is 5.27. The van der Waals surface area contributed by atoms with E-state index in [1.165, 1.54) is 0 Å². The highest BCUT2D eigenvalue weighted by molar-refractivity contribution is 6.02. The van der Waals surface area contributed by atoms with Crippen molar-refractivity contribution >= 4 is 29.1 Å². The molecule has 0 bridgehead atoms. The van der Waals surface area contributed by atoms with Gasteiger partial charge in [-0.25, -0.2) is 4.79 Å². The minimum absolute atomic E-state index is 0.228. The van der Waals surface area contributed by atoms with E-state index in [0.29, 0.717) is 23.7 Å². The van der Waals surface area contributed by atoms with Crippen LogP contribution in [0.4, 0.5) is 22.0 Å². The molecule has 3 amide bonds. The highest BCUT2D eigenvalue weighted by atomic mass is 16.2. The van der Waals surface area contributed by atoms with Gasteiger partial charge >= 0.3 is 6.03 Å². The molecule has 27 heavy (non-hydrogen) atoms. The lowest BCUT2D eigenvalue weighted by Crippen LogP contribution is -2.19. The van der Waals surface area contributed by atoms with Crippen LogP contribution in [0.1, 0.15) is 16.1 Å². The Morgan fingerprint density at radius 2 is 1.52 bits per heavy atom. The average Bonchev–Trinajstić information content (AvgIpc) is 2.68. The number of nitrogens with zero attached hydrogens (tertiary/aromatic N) is 2. The topological polar surface area (TPSA) is 122 Å². The van der Waals surface area contributed by atoms with Crippen molar-refractivity contribution in [1.29, 1.82) is 0 Å². The van der Waals surface area contributed by atoms with Crippen molar-refractivity contribution < 1.29 is 9.59 Å². The monoisotopic (exact) mass is 362 g/mol. The van der Waals surface area contributed by atoms with Gasteiger partial charge in [0.25, 0.3) is 5.91 Å². The maximum atomic E-state index is 12.1. The minimum atomic E-state index is -0.604. The molecule has 0 radical (unpaired) electrons. The van der Waals surface area contributed by atoms with Gasteiger partial charge in [0.1, 0.15) is 5.82 Å². The molecule has 0 fully saturated rings. The zero-order chi connectivity index (χ0) is 19.1. The number of nitrogens with two attached hydrogens (primary N) is 1. The lowest BCUT2D eigenvalue weighted by molar-refractivity contribution is 0.102. The van der Waals surface area contributed by atoms with Gasteiger partial charge < -0.3 is 21.7 Å². The molecule has 0 saturated carbocycles. The summed E-state index contributed by atoms with van der Waals surface area (Å²) >= 11 is 0. The molecule has 0 atom stereocenters. The Balaban J connectivity index is 1.54. The number of amides is 3. The third-order valence-corrected chi connectivity index (χ3v) is 3.62. The predicted octanol–water partition coefficient (Wildman–Crippen LogP) is 2.83. The summed E-state index contributed by atoms with van der Waals surface area (Å²) in [6, 6.07) is 19.1. The molecule has 0 aliphatic carbocycles. The van der Waals surface area contributed by atoms with E-state index >= 15 is 0 Å². The number of urea groups is 1. The summed E-state index contributed by atoms with van der Waals surface area (Å²) in [7, 11) is 0. The van der Waals surface area contributed by atoms with Crippen molar-refractivity contribution in [1.82, 2.24) is 10.2 Å². The molecular formula is C19H18N6O2. The van der Waals surface area contributed by atoms with E-state index in [-0.39, 0.29) is 11.6 Å². The van der Waals surface area contributed by atoms with E-state index < -0.39 is 6.03 Å². The fourth-order valence-electron chi connectivity index (χ4n) is 2.31. The van der Waals surface area contributed by atoms with E-state index in [9.17, 15) is 9.59 Å². The van der Waals surface area contributed by atoms with Crippen LogP contribution in [0.3, 0.4) is 0 Å². The van der Waals surface area contributed by atoms with Crippen LogP contribution < -0.4 is 21.7 Å². The summed E-state index contributed by atoms with van der Waals surface area (Å²) < 4.78 is 0. The summed E-state index contributed by atoms with van der Waals surface area (Å²) in [5, 5.41) is 16.3. The Morgan fingerprint density at radius 3 is 2.15 bits per heavy atom. The van der Waals surface area contributed by atoms with Crippen molar-refractivity contribution in [2.24, 2.45) is 5.73 Å². The van der Waals surface area contributed by atoms with Gasteiger partial charge in [0.15, 0.2) is 5.69 Å². The quantitative estimate of drug-likeness (QED) is 0.537.